The second-order valence-corrected chi connectivity index (χ2v) is 3.55. The van der Waals surface area contributed by atoms with Gasteiger partial charge < -0.3 is 4.57 Å². The average Bonchev–Trinajstić information content (AvgIpc) is 2.69. The quantitative estimate of drug-likeness (QED) is 0.776. The minimum absolute atomic E-state index is 0.421. The van der Waals surface area contributed by atoms with Crippen molar-refractivity contribution in [3.05, 3.63) is 53.1 Å². The van der Waals surface area contributed by atoms with E-state index in [2.05, 4.69) is 4.98 Å². The van der Waals surface area contributed by atoms with Gasteiger partial charge in [0.25, 0.3) is 0 Å². The average molecular weight is 218 g/mol. The predicted octanol–water partition coefficient (Wildman–Crippen LogP) is 2.46. The van der Waals surface area contributed by atoms with Gasteiger partial charge in [-0.05, 0) is 17.7 Å². The van der Waals surface area contributed by atoms with Crippen LogP contribution in [0.25, 0.3) is 0 Å². The summed E-state index contributed by atoms with van der Waals surface area (Å²) in [5, 5.41) is 9.49. The number of aromatic nitrogens is 2. The van der Waals surface area contributed by atoms with E-state index in [1.807, 2.05) is 30.3 Å². The highest BCUT2D eigenvalue weighted by atomic mass is 35.5. The number of hydrogen-bond donors (Lipinski definition) is 0. The van der Waals surface area contributed by atoms with Crippen molar-refractivity contribution >= 4 is 11.6 Å². The predicted molar refractivity (Wildman–Crippen MR) is 57.5 cm³/mol. The van der Waals surface area contributed by atoms with E-state index in [4.69, 9.17) is 16.9 Å². The molecule has 0 saturated carbocycles. The van der Waals surface area contributed by atoms with Crippen molar-refractivity contribution in [2.24, 2.45) is 0 Å². The van der Waals surface area contributed by atoms with Crippen molar-refractivity contribution in [3.8, 4) is 6.07 Å². The summed E-state index contributed by atoms with van der Waals surface area (Å²) in [6, 6.07) is 9.57. The van der Waals surface area contributed by atoms with Crippen LogP contribution in [0, 0.1) is 11.3 Å². The molecule has 2 rings (SSSR count). The van der Waals surface area contributed by atoms with Crippen LogP contribution in [0.1, 0.15) is 11.4 Å². The lowest BCUT2D eigenvalue weighted by atomic mass is 10.2. The Morgan fingerprint density at radius 3 is 2.73 bits per heavy atom. The zero-order valence-electron chi connectivity index (χ0n) is 7.89. The summed E-state index contributed by atoms with van der Waals surface area (Å²) < 4.78 is 1.79. The Morgan fingerprint density at radius 2 is 2.07 bits per heavy atom. The molecule has 0 spiro atoms. The smallest absolute Gasteiger partial charge is 0.213 e. The van der Waals surface area contributed by atoms with Crippen molar-refractivity contribution in [1.82, 2.24) is 9.55 Å². The van der Waals surface area contributed by atoms with Gasteiger partial charge in [0.05, 0.1) is 0 Å². The molecule has 0 unspecified atom stereocenters. The highest BCUT2D eigenvalue weighted by Crippen LogP contribution is 2.11. The van der Waals surface area contributed by atoms with E-state index in [0.29, 0.717) is 17.4 Å². The molecule has 74 valence electrons. The number of nitrogens with zero attached hydrogens (tertiary/aromatic N) is 3. The summed E-state index contributed by atoms with van der Waals surface area (Å²) in [5.41, 5.74) is 1.09. The number of rotatable bonds is 2. The monoisotopic (exact) mass is 217 g/mol. The number of nitriles is 1. The Morgan fingerprint density at radius 1 is 1.33 bits per heavy atom. The minimum atomic E-state index is 0.421. The maximum Gasteiger partial charge on any atom is 0.213 e. The zero-order chi connectivity index (χ0) is 10.7. The SMILES string of the molecule is N#Cc1nccn1Cc1ccc(Cl)cc1. The molecule has 4 heteroatoms. The fourth-order valence-electron chi connectivity index (χ4n) is 1.34. The second-order valence-electron chi connectivity index (χ2n) is 3.12. The summed E-state index contributed by atoms with van der Waals surface area (Å²) in [4.78, 5) is 3.92. The van der Waals surface area contributed by atoms with Crippen molar-refractivity contribution < 1.29 is 0 Å². The van der Waals surface area contributed by atoms with Gasteiger partial charge in [-0.1, -0.05) is 23.7 Å². The van der Waals surface area contributed by atoms with E-state index >= 15 is 0 Å². The molecule has 0 fully saturated rings. The Balaban J connectivity index is 2.23. The Bertz CT molecular complexity index is 493. The summed E-state index contributed by atoms with van der Waals surface area (Å²) in [6.07, 6.45) is 3.40. The third-order valence-corrected chi connectivity index (χ3v) is 2.33. The molecule has 1 aromatic carbocycles. The summed E-state index contributed by atoms with van der Waals surface area (Å²) in [7, 11) is 0. The first-order chi connectivity index (χ1) is 7.29. The number of halogens is 1. The molecule has 0 radical (unpaired) electrons. The van der Waals surface area contributed by atoms with E-state index < -0.39 is 0 Å². The molecule has 0 amide bonds. The first-order valence-corrected chi connectivity index (χ1v) is 4.83. The highest BCUT2D eigenvalue weighted by molar-refractivity contribution is 6.30. The van der Waals surface area contributed by atoms with E-state index in [1.165, 1.54) is 0 Å². The van der Waals surface area contributed by atoms with E-state index in [1.54, 1.807) is 17.0 Å². The summed E-state index contributed by atoms with van der Waals surface area (Å²) in [5.74, 6) is 0.421. The van der Waals surface area contributed by atoms with Gasteiger partial charge in [0.2, 0.25) is 5.82 Å². The first kappa shape index (κ1) is 9.75. The van der Waals surface area contributed by atoms with Crippen LogP contribution in [-0.2, 0) is 6.54 Å². The second kappa shape index (κ2) is 4.16. The fourth-order valence-corrected chi connectivity index (χ4v) is 1.46. The standard InChI is InChI=1S/C11H8ClN3/c12-10-3-1-9(2-4-10)8-15-6-5-14-11(15)7-13/h1-6H,8H2. The lowest BCUT2D eigenvalue weighted by Gasteiger charge is -2.03. The highest BCUT2D eigenvalue weighted by Gasteiger charge is 2.01. The van der Waals surface area contributed by atoms with E-state index in [0.717, 1.165) is 5.56 Å². The molecule has 0 atom stereocenters. The molecule has 0 aliphatic rings. The molecular formula is C11H8ClN3. The number of imidazole rings is 1. The van der Waals surface area contributed by atoms with Crippen LogP contribution in [0.15, 0.2) is 36.7 Å². The molecule has 1 aromatic heterocycles. The van der Waals surface area contributed by atoms with Gasteiger partial charge in [-0.3, -0.25) is 0 Å². The van der Waals surface area contributed by atoms with Crippen molar-refractivity contribution in [2.45, 2.75) is 6.54 Å². The molecule has 2 aromatic rings. The topological polar surface area (TPSA) is 41.6 Å². The number of benzene rings is 1. The van der Waals surface area contributed by atoms with Crippen LogP contribution in [-0.4, -0.2) is 9.55 Å². The van der Waals surface area contributed by atoms with Gasteiger partial charge >= 0.3 is 0 Å². The molecule has 0 aliphatic heterocycles. The van der Waals surface area contributed by atoms with Crippen LogP contribution in [0.3, 0.4) is 0 Å². The van der Waals surface area contributed by atoms with Crippen LogP contribution in [0.5, 0.6) is 0 Å². The maximum atomic E-state index is 8.78. The van der Waals surface area contributed by atoms with Crippen molar-refractivity contribution in [3.63, 3.8) is 0 Å². The molecule has 1 heterocycles. The Labute approximate surface area is 92.6 Å². The largest absolute Gasteiger partial charge is 0.318 e. The van der Waals surface area contributed by atoms with Gasteiger partial charge in [0, 0.05) is 24.0 Å². The normalized spacial score (nSPS) is 9.87. The number of hydrogen-bond acceptors (Lipinski definition) is 2. The van der Waals surface area contributed by atoms with Crippen LogP contribution >= 0.6 is 11.6 Å². The lowest BCUT2D eigenvalue weighted by Crippen LogP contribution is -2.01. The molecule has 3 nitrogen and oxygen atoms in total. The maximum absolute atomic E-state index is 8.78. The van der Waals surface area contributed by atoms with Crippen LogP contribution in [0.2, 0.25) is 5.02 Å². The van der Waals surface area contributed by atoms with Gasteiger partial charge in [-0.25, -0.2) is 4.98 Å². The molecule has 0 N–H and O–H groups in total. The summed E-state index contributed by atoms with van der Waals surface area (Å²) >= 11 is 5.78. The van der Waals surface area contributed by atoms with Gasteiger partial charge in [-0.2, -0.15) is 5.26 Å². The van der Waals surface area contributed by atoms with Crippen molar-refractivity contribution in [2.75, 3.05) is 0 Å². The van der Waals surface area contributed by atoms with E-state index in [9.17, 15) is 0 Å². The van der Waals surface area contributed by atoms with Crippen molar-refractivity contribution in [1.29, 1.82) is 5.26 Å². The molecule has 0 saturated heterocycles. The minimum Gasteiger partial charge on any atom is -0.318 e. The molecule has 15 heavy (non-hydrogen) atoms. The van der Waals surface area contributed by atoms with Crippen LogP contribution < -0.4 is 0 Å². The summed E-state index contributed by atoms with van der Waals surface area (Å²) in [6.45, 7) is 0.639. The third kappa shape index (κ3) is 2.17. The van der Waals surface area contributed by atoms with Gasteiger partial charge in [0.15, 0.2) is 0 Å². The van der Waals surface area contributed by atoms with Gasteiger partial charge in [0.1, 0.15) is 6.07 Å². The van der Waals surface area contributed by atoms with E-state index in [-0.39, 0.29) is 0 Å². The fraction of sp³-hybridized carbons (Fsp3) is 0.0909. The first-order valence-electron chi connectivity index (χ1n) is 4.45. The zero-order valence-corrected chi connectivity index (χ0v) is 8.65. The third-order valence-electron chi connectivity index (χ3n) is 2.08. The van der Waals surface area contributed by atoms with Gasteiger partial charge in [-0.15, -0.1) is 0 Å². The molecule has 0 aliphatic carbocycles. The molecule has 0 bridgehead atoms. The Hall–Kier alpha value is -1.79. The van der Waals surface area contributed by atoms with Crippen LogP contribution in [0.4, 0.5) is 0 Å². The Kier molecular flexibility index (Phi) is 2.70. The lowest BCUT2D eigenvalue weighted by molar-refractivity contribution is 0.782. The molecular weight excluding hydrogens is 210 g/mol.